The van der Waals surface area contributed by atoms with Gasteiger partial charge >= 0.3 is 0 Å². The average molecular weight is 547 g/mol. The number of hydrogen-bond donors (Lipinski definition) is 1. The van der Waals surface area contributed by atoms with Gasteiger partial charge in [-0.3, -0.25) is 9.69 Å². The van der Waals surface area contributed by atoms with Crippen LogP contribution in [0.2, 0.25) is 0 Å². The summed E-state index contributed by atoms with van der Waals surface area (Å²) in [5, 5.41) is 3.30. The molecular formula is C32H38N2O6. The van der Waals surface area contributed by atoms with Crippen molar-refractivity contribution >= 4 is 5.91 Å². The molecule has 40 heavy (non-hydrogen) atoms. The van der Waals surface area contributed by atoms with Gasteiger partial charge in [-0.1, -0.05) is 30.3 Å². The zero-order valence-electron chi connectivity index (χ0n) is 23.9. The van der Waals surface area contributed by atoms with Crippen molar-refractivity contribution in [3.8, 4) is 28.7 Å². The van der Waals surface area contributed by atoms with E-state index in [0.717, 1.165) is 36.9 Å². The molecule has 1 aliphatic heterocycles. The van der Waals surface area contributed by atoms with Crippen molar-refractivity contribution in [2.45, 2.75) is 37.8 Å². The lowest BCUT2D eigenvalue weighted by atomic mass is 9.87. The fourth-order valence-electron chi connectivity index (χ4n) is 6.17. The third kappa shape index (κ3) is 5.28. The van der Waals surface area contributed by atoms with Crippen LogP contribution in [0.5, 0.6) is 28.7 Å². The molecule has 0 bridgehead atoms. The monoisotopic (exact) mass is 546 g/mol. The minimum atomic E-state index is -0.0998. The predicted molar refractivity (Wildman–Crippen MR) is 153 cm³/mol. The first-order chi connectivity index (χ1) is 19.5. The standard InChI is InChI=1S/C32H38N2O6/c1-36-27-13-11-22(31(39-4)32(27)40-5)16-26-24-18-29(38-3)28(37-2)17-21(24)14-15-34(26)19-30(35)33-25-12-10-20-8-6-7-9-23(20)25/h6-9,11,13,17-18,25-26H,10,12,14-16,19H2,1-5H3,(H,33,35). The summed E-state index contributed by atoms with van der Waals surface area (Å²) in [6.45, 7) is 1.02. The van der Waals surface area contributed by atoms with E-state index in [4.69, 9.17) is 23.7 Å². The second kappa shape index (κ2) is 12.1. The second-order valence-electron chi connectivity index (χ2n) is 10.2. The summed E-state index contributed by atoms with van der Waals surface area (Å²) in [6, 6.07) is 16.3. The van der Waals surface area contributed by atoms with Crippen LogP contribution in [0.1, 0.15) is 46.3 Å². The van der Waals surface area contributed by atoms with E-state index in [1.165, 1.54) is 16.7 Å². The van der Waals surface area contributed by atoms with E-state index in [0.29, 0.717) is 35.2 Å². The van der Waals surface area contributed by atoms with Gasteiger partial charge in [-0.15, -0.1) is 0 Å². The normalized spacial score (nSPS) is 17.9. The number of hydrogen-bond acceptors (Lipinski definition) is 7. The van der Waals surface area contributed by atoms with Crippen LogP contribution in [0.3, 0.4) is 0 Å². The molecule has 5 rings (SSSR count). The number of carbonyl (C=O) groups excluding carboxylic acids is 1. The Morgan fingerprint density at radius 1 is 0.800 bits per heavy atom. The first-order valence-electron chi connectivity index (χ1n) is 13.6. The summed E-state index contributed by atoms with van der Waals surface area (Å²) in [7, 11) is 8.14. The summed E-state index contributed by atoms with van der Waals surface area (Å²) in [4.78, 5) is 15.7. The Morgan fingerprint density at radius 3 is 2.25 bits per heavy atom. The molecule has 1 amide bonds. The van der Waals surface area contributed by atoms with Crippen molar-refractivity contribution < 1.29 is 28.5 Å². The van der Waals surface area contributed by atoms with Crippen molar-refractivity contribution in [2.75, 3.05) is 48.6 Å². The number of carbonyl (C=O) groups is 1. The smallest absolute Gasteiger partial charge is 0.234 e. The Bertz CT molecular complexity index is 1370. The predicted octanol–water partition coefficient (Wildman–Crippen LogP) is 4.68. The number of benzene rings is 3. The van der Waals surface area contributed by atoms with Gasteiger partial charge in [0, 0.05) is 18.2 Å². The van der Waals surface area contributed by atoms with Gasteiger partial charge in [-0.05, 0) is 66.1 Å². The number of methoxy groups -OCH3 is 5. The van der Waals surface area contributed by atoms with Crippen molar-refractivity contribution in [3.63, 3.8) is 0 Å². The van der Waals surface area contributed by atoms with Crippen molar-refractivity contribution in [1.82, 2.24) is 10.2 Å². The Kier molecular flexibility index (Phi) is 8.35. The van der Waals surface area contributed by atoms with Crippen LogP contribution in [0, 0.1) is 0 Å². The second-order valence-corrected chi connectivity index (χ2v) is 10.2. The molecule has 0 aromatic heterocycles. The lowest BCUT2D eigenvalue weighted by Gasteiger charge is -2.38. The molecule has 1 heterocycles. The topological polar surface area (TPSA) is 78.5 Å². The van der Waals surface area contributed by atoms with Crippen LogP contribution >= 0.6 is 0 Å². The lowest BCUT2D eigenvalue weighted by Crippen LogP contribution is -2.44. The Hall–Kier alpha value is -3.91. The Labute approximate surface area is 236 Å². The van der Waals surface area contributed by atoms with E-state index in [1.54, 1.807) is 35.5 Å². The first-order valence-corrected chi connectivity index (χ1v) is 13.6. The van der Waals surface area contributed by atoms with Crippen molar-refractivity contribution in [3.05, 3.63) is 76.3 Å². The fraction of sp³-hybridized carbons (Fsp3) is 0.406. The van der Waals surface area contributed by atoms with E-state index in [2.05, 4.69) is 34.5 Å². The quantitative estimate of drug-likeness (QED) is 0.396. The highest BCUT2D eigenvalue weighted by Gasteiger charge is 2.33. The first kappa shape index (κ1) is 27.6. The van der Waals surface area contributed by atoms with Crippen molar-refractivity contribution in [2.24, 2.45) is 0 Å². The number of fused-ring (bicyclic) bond motifs is 2. The molecule has 2 atom stereocenters. The Balaban J connectivity index is 1.47. The van der Waals surface area contributed by atoms with E-state index >= 15 is 0 Å². The summed E-state index contributed by atoms with van der Waals surface area (Å²) >= 11 is 0. The van der Waals surface area contributed by atoms with Crippen molar-refractivity contribution in [1.29, 1.82) is 0 Å². The third-order valence-corrected chi connectivity index (χ3v) is 8.13. The molecule has 0 spiro atoms. The highest BCUT2D eigenvalue weighted by Crippen LogP contribution is 2.44. The van der Waals surface area contributed by atoms with Crippen LogP contribution in [0.25, 0.3) is 0 Å². The molecule has 3 aromatic carbocycles. The molecule has 2 unspecified atom stereocenters. The fourth-order valence-corrected chi connectivity index (χ4v) is 6.17. The maximum atomic E-state index is 13.5. The molecule has 8 nitrogen and oxygen atoms in total. The molecule has 1 aliphatic carbocycles. The van der Waals surface area contributed by atoms with E-state index in [9.17, 15) is 4.79 Å². The van der Waals surface area contributed by atoms with Gasteiger partial charge in [0.1, 0.15) is 0 Å². The summed E-state index contributed by atoms with van der Waals surface area (Å²) < 4.78 is 28.2. The van der Waals surface area contributed by atoms with Gasteiger partial charge in [-0.25, -0.2) is 0 Å². The van der Waals surface area contributed by atoms with E-state index in [-0.39, 0.29) is 24.5 Å². The number of ether oxygens (including phenoxy) is 5. The third-order valence-electron chi connectivity index (χ3n) is 8.13. The van der Waals surface area contributed by atoms with Crippen LogP contribution in [0.15, 0.2) is 48.5 Å². The van der Waals surface area contributed by atoms with E-state index < -0.39 is 0 Å². The van der Waals surface area contributed by atoms with Gasteiger partial charge in [0.2, 0.25) is 11.7 Å². The minimum Gasteiger partial charge on any atom is -0.493 e. The van der Waals surface area contributed by atoms with Gasteiger partial charge in [0.25, 0.3) is 0 Å². The average Bonchev–Trinajstić information content (AvgIpc) is 3.39. The highest BCUT2D eigenvalue weighted by molar-refractivity contribution is 5.79. The van der Waals surface area contributed by atoms with Gasteiger partial charge < -0.3 is 29.0 Å². The molecule has 8 heteroatoms. The van der Waals surface area contributed by atoms with Crippen LogP contribution in [-0.4, -0.2) is 59.4 Å². The molecule has 3 aromatic rings. The molecule has 0 saturated carbocycles. The number of aryl methyl sites for hydroxylation is 1. The molecule has 0 fully saturated rings. The maximum Gasteiger partial charge on any atom is 0.234 e. The van der Waals surface area contributed by atoms with Gasteiger partial charge in [-0.2, -0.15) is 0 Å². The minimum absolute atomic E-state index is 0.0231. The molecule has 212 valence electrons. The van der Waals surface area contributed by atoms with Crippen LogP contribution in [0.4, 0.5) is 0 Å². The zero-order valence-corrected chi connectivity index (χ0v) is 23.9. The van der Waals surface area contributed by atoms with Crippen LogP contribution < -0.4 is 29.0 Å². The molecule has 0 saturated heterocycles. The summed E-state index contributed by atoms with van der Waals surface area (Å²) in [5.41, 5.74) is 5.80. The number of nitrogens with one attached hydrogen (secondary N) is 1. The summed E-state index contributed by atoms with van der Waals surface area (Å²) in [5.74, 6) is 3.17. The molecule has 1 N–H and O–H groups in total. The Morgan fingerprint density at radius 2 is 1.52 bits per heavy atom. The van der Waals surface area contributed by atoms with Gasteiger partial charge in [0.05, 0.1) is 48.1 Å². The van der Waals surface area contributed by atoms with E-state index in [1.807, 2.05) is 24.3 Å². The lowest BCUT2D eigenvalue weighted by molar-refractivity contribution is -0.123. The maximum absolute atomic E-state index is 13.5. The number of nitrogens with zero attached hydrogens (tertiary/aromatic N) is 1. The number of amides is 1. The zero-order chi connectivity index (χ0) is 28.2. The largest absolute Gasteiger partial charge is 0.493 e. The van der Waals surface area contributed by atoms with Crippen LogP contribution in [-0.2, 0) is 24.1 Å². The highest BCUT2D eigenvalue weighted by atomic mass is 16.5. The molecule has 0 radical (unpaired) electrons. The SMILES string of the molecule is COc1cc2c(cc1OC)C(Cc1ccc(OC)c(OC)c1OC)N(CC(=O)NC1CCc3ccccc31)CC2. The molecular weight excluding hydrogens is 508 g/mol. The molecule has 2 aliphatic rings. The number of rotatable bonds is 10. The summed E-state index contributed by atoms with van der Waals surface area (Å²) in [6.07, 6.45) is 3.32. The van der Waals surface area contributed by atoms with Gasteiger partial charge in [0.15, 0.2) is 23.0 Å².